The summed E-state index contributed by atoms with van der Waals surface area (Å²) in [6.07, 6.45) is 6.85. The number of aromatic carboxylic acids is 1. The largest absolute Gasteiger partial charge is 0.478 e. The molecule has 0 spiro atoms. The maximum atomic E-state index is 12.4. The predicted octanol–water partition coefficient (Wildman–Crippen LogP) is 3.46. The van der Waals surface area contributed by atoms with Gasteiger partial charge in [-0.2, -0.15) is 0 Å². The van der Waals surface area contributed by atoms with Crippen molar-refractivity contribution < 1.29 is 19.5 Å². The number of carbonyl (C=O) groups is 3. The fourth-order valence-corrected chi connectivity index (χ4v) is 3.85. The molecule has 7 heteroatoms. The van der Waals surface area contributed by atoms with E-state index < -0.39 is 17.1 Å². The minimum absolute atomic E-state index is 0.0625. The van der Waals surface area contributed by atoms with Crippen LogP contribution in [0, 0.1) is 26.2 Å². The van der Waals surface area contributed by atoms with E-state index in [0.717, 1.165) is 33.6 Å². The van der Waals surface area contributed by atoms with Gasteiger partial charge in [0.25, 0.3) is 11.1 Å². The van der Waals surface area contributed by atoms with Crippen molar-refractivity contribution in [2.45, 2.75) is 13.8 Å². The van der Waals surface area contributed by atoms with Crippen LogP contribution in [0.2, 0.25) is 0 Å². The predicted molar refractivity (Wildman–Crippen MR) is 104 cm³/mol. The lowest BCUT2D eigenvalue weighted by atomic mass is 10.1. The van der Waals surface area contributed by atoms with Gasteiger partial charge in [0.2, 0.25) is 0 Å². The maximum absolute atomic E-state index is 12.4. The molecule has 136 valence electrons. The summed E-state index contributed by atoms with van der Waals surface area (Å²) < 4.78 is 1.82. The molecule has 3 rings (SSSR count). The molecule has 1 N–H and O–H groups in total. The average molecular weight is 380 g/mol. The lowest BCUT2D eigenvalue weighted by molar-refractivity contribution is -0.122. The molecule has 1 saturated heterocycles. The molecule has 0 saturated carbocycles. The van der Waals surface area contributed by atoms with E-state index in [2.05, 4.69) is 5.92 Å². The number of carboxylic acids is 1. The van der Waals surface area contributed by atoms with Crippen LogP contribution in [0.5, 0.6) is 0 Å². The highest BCUT2D eigenvalue weighted by Gasteiger charge is 2.34. The molecule has 27 heavy (non-hydrogen) atoms. The van der Waals surface area contributed by atoms with Crippen LogP contribution >= 0.6 is 11.8 Å². The Morgan fingerprint density at radius 2 is 2.00 bits per heavy atom. The third kappa shape index (κ3) is 3.27. The fourth-order valence-electron chi connectivity index (χ4n) is 3.02. The van der Waals surface area contributed by atoms with E-state index >= 15 is 0 Å². The molecule has 0 aliphatic carbocycles. The van der Waals surface area contributed by atoms with Crippen LogP contribution in [0.4, 0.5) is 4.79 Å². The van der Waals surface area contributed by atoms with Crippen LogP contribution in [-0.2, 0) is 4.79 Å². The van der Waals surface area contributed by atoms with Crippen LogP contribution in [0.25, 0.3) is 11.8 Å². The van der Waals surface area contributed by atoms with Crippen LogP contribution in [0.15, 0.2) is 35.2 Å². The van der Waals surface area contributed by atoms with E-state index in [-0.39, 0.29) is 12.1 Å². The first-order valence-electron chi connectivity index (χ1n) is 8.05. The van der Waals surface area contributed by atoms with Gasteiger partial charge in [0.1, 0.15) is 0 Å². The number of thioether (sulfide) groups is 1. The second kappa shape index (κ2) is 7.17. The average Bonchev–Trinajstić information content (AvgIpc) is 3.05. The number of amides is 2. The summed E-state index contributed by atoms with van der Waals surface area (Å²) in [5.41, 5.74) is 3.04. The fraction of sp³-hybridized carbons (Fsp3) is 0.150. The Morgan fingerprint density at radius 1 is 1.30 bits per heavy atom. The van der Waals surface area contributed by atoms with Crippen molar-refractivity contribution >= 4 is 35.0 Å². The van der Waals surface area contributed by atoms with E-state index in [1.807, 2.05) is 24.5 Å². The number of aromatic nitrogens is 1. The Hall–Kier alpha value is -3.24. The van der Waals surface area contributed by atoms with Gasteiger partial charge in [-0.25, -0.2) is 4.79 Å². The topological polar surface area (TPSA) is 79.6 Å². The molecule has 1 aromatic carbocycles. The Morgan fingerprint density at radius 3 is 2.67 bits per heavy atom. The summed E-state index contributed by atoms with van der Waals surface area (Å²) in [5, 5.41) is 9.06. The minimum Gasteiger partial charge on any atom is -0.478 e. The van der Waals surface area contributed by atoms with Crippen LogP contribution < -0.4 is 0 Å². The third-order valence-electron chi connectivity index (χ3n) is 4.26. The Kier molecular flexibility index (Phi) is 4.93. The molecule has 0 bridgehead atoms. The summed E-state index contributed by atoms with van der Waals surface area (Å²) >= 11 is 0.844. The SMILES string of the molecule is C#CCN1C(=O)S/C(=C\c2cc(C)n(-c3ccccc3C(=O)O)c2C)C1=O. The Balaban J connectivity index is 2.06. The zero-order valence-corrected chi connectivity index (χ0v) is 15.5. The van der Waals surface area contributed by atoms with E-state index in [9.17, 15) is 19.5 Å². The molecule has 0 atom stereocenters. The molecule has 2 aromatic rings. The minimum atomic E-state index is -1.02. The number of rotatable bonds is 4. The summed E-state index contributed by atoms with van der Waals surface area (Å²) in [5.74, 6) is 0.865. The van der Waals surface area contributed by atoms with Gasteiger partial charge in [-0.05, 0) is 55.4 Å². The standard InChI is InChI=1S/C20H16N2O4S/c1-4-9-21-18(23)17(27-20(21)26)11-14-10-12(2)22(13(14)3)16-8-6-5-7-15(16)19(24)25/h1,5-8,10-11H,9H2,2-3H3,(H,24,25)/b17-11-. The van der Waals surface area contributed by atoms with Gasteiger partial charge in [0, 0.05) is 11.4 Å². The zero-order chi connectivity index (χ0) is 19.7. The van der Waals surface area contributed by atoms with Gasteiger partial charge in [-0.3, -0.25) is 14.5 Å². The van der Waals surface area contributed by atoms with Crippen molar-refractivity contribution in [3.63, 3.8) is 0 Å². The highest BCUT2D eigenvalue weighted by molar-refractivity contribution is 8.18. The summed E-state index contributed by atoms with van der Waals surface area (Å²) in [7, 11) is 0. The number of carbonyl (C=O) groups excluding carboxylic acids is 2. The van der Waals surface area contributed by atoms with Gasteiger partial charge < -0.3 is 9.67 Å². The molecule has 6 nitrogen and oxygen atoms in total. The number of hydrogen-bond acceptors (Lipinski definition) is 4. The van der Waals surface area contributed by atoms with Gasteiger partial charge >= 0.3 is 5.97 Å². The molecule has 0 radical (unpaired) electrons. The monoisotopic (exact) mass is 380 g/mol. The quantitative estimate of drug-likeness (QED) is 0.649. The van der Waals surface area contributed by atoms with E-state index in [1.54, 1.807) is 30.3 Å². The van der Waals surface area contributed by atoms with Gasteiger partial charge in [0.05, 0.1) is 22.7 Å². The van der Waals surface area contributed by atoms with Crippen molar-refractivity contribution in [2.24, 2.45) is 0 Å². The number of benzene rings is 1. The van der Waals surface area contributed by atoms with Crippen molar-refractivity contribution in [3.05, 3.63) is 57.8 Å². The maximum Gasteiger partial charge on any atom is 0.337 e. The number of nitrogens with zero attached hydrogens (tertiary/aromatic N) is 2. The molecule has 1 aliphatic heterocycles. The second-order valence-electron chi connectivity index (χ2n) is 5.96. The molecule has 1 aromatic heterocycles. The van der Waals surface area contributed by atoms with Gasteiger partial charge in [-0.1, -0.05) is 18.1 Å². The third-order valence-corrected chi connectivity index (χ3v) is 5.16. The number of aryl methyl sites for hydroxylation is 1. The van der Waals surface area contributed by atoms with Gasteiger partial charge in [0.15, 0.2) is 0 Å². The second-order valence-corrected chi connectivity index (χ2v) is 6.95. The highest BCUT2D eigenvalue weighted by Crippen LogP contribution is 2.33. The van der Waals surface area contributed by atoms with Gasteiger partial charge in [-0.15, -0.1) is 6.42 Å². The highest BCUT2D eigenvalue weighted by atomic mass is 32.2. The molecule has 1 aliphatic rings. The van der Waals surface area contributed by atoms with E-state index in [1.165, 1.54) is 0 Å². The lowest BCUT2D eigenvalue weighted by Gasteiger charge is -2.12. The molecular weight excluding hydrogens is 364 g/mol. The number of hydrogen-bond donors (Lipinski definition) is 1. The first-order chi connectivity index (χ1) is 12.8. The summed E-state index contributed by atoms with van der Waals surface area (Å²) in [6.45, 7) is 3.63. The van der Waals surface area contributed by atoms with Crippen LogP contribution in [0.1, 0.15) is 27.3 Å². The number of imide groups is 1. The Labute approximate surface area is 160 Å². The van der Waals surface area contributed by atoms with E-state index in [0.29, 0.717) is 10.6 Å². The molecule has 0 unspecified atom stereocenters. The lowest BCUT2D eigenvalue weighted by Crippen LogP contribution is -2.28. The van der Waals surface area contributed by atoms with Crippen LogP contribution in [-0.4, -0.2) is 38.2 Å². The van der Waals surface area contributed by atoms with Crippen molar-refractivity contribution in [2.75, 3.05) is 6.54 Å². The first kappa shape index (κ1) is 18.5. The zero-order valence-electron chi connectivity index (χ0n) is 14.7. The smallest absolute Gasteiger partial charge is 0.337 e. The van der Waals surface area contributed by atoms with Crippen molar-refractivity contribution in [3.8, 4) is 18.0 Å². The number of para-hydroxylation sites is 1. The summed E-state index contributed by atoms with van der Waals surface area (Å²) in [4.78, 5) is 37.2. The number of terminal acetylenes is 1. The molecule has 2 amide bonds. The summed E-state index contributed by atoms with van der Waals surface area (Å²) in [6, 6.07) is 8.56. The molecule has 1 fully saturated rings. The van der Waals surface area contributed by atoms with Crippen molar-refractivity contribution in [1.82, 2.24) is 9.47 Å². The number of carboxylic acid groups (broad SMARTS) is 1. The van der Waals surface area contributed by atoms with E-state index in [4.69, 9.17) is 6.42 Å². The first-order valence-corrected chi connectivity index (χ1v) is 8.87. The molecular formula is C20H16N2O4S. The Bertz CT molecular complexity index is 1040. The van der Waals surface area contributed by atoms with Crippen LogP contribution in [0.3, 0.4) is 0 Å². The van der Waals surface area contributed by atoms with Crippen molar-refractivity contribution in [1.29, 1.82) is 0 Å². The molecule has 2 heterocycles. The normalized spacial score (nSPS) is 15.4.